The van der Waals surface area contributed by atoms with Gasteiger partial charge in [-0.2, -0.15) is 0 Å². The van der Waals surface area contributed by atoms with Crippen LogP contribution in [0.2, 0.25) is 0 Å². The third-order valence-corrected chi connectivity index (χ3v) is 4.81. The van der Waals surface area contributed by atoms with Crippen molar-refractivity contribution < 1.29 is 9.90 Å². The first-order valence-corrected chi connectivity index (χ1v) is 7.63. The molecule has 3 heteroatoms. The fourth-order valence-corrected chi connectivity index (χ4v) is 3.28. The minimum atomic E-state index is -0.663. The first-order valence-electron chi connectivity index (χ1n) is 7.63. The number of hydrogen-bond acceptors (Lipinski definition) is 2. The topological polar surface area (TPSA) is 40.5 Å². The van der Waals surface area contributed by atoms with Gasteiger partial charge < -0.3 is 5.11 Å². The summed E-state index contributed by atoms with van der Waals surface area (Å²) in [6.07, 6.45) is 2.61. The molecular weight excluding hydrogens is 250 g/mol. The van der Waals surface area contributed by atoms with E-state index in [0.717, 1.165) is 12.5 Å². The highest BCUT2D eigenvalue weighted by Crippen LogP contribution is 2.41. The minimum Gasteiger partial charge on any atom is -0.481 e. The lowest BCUT2D eigenvalue weighted by Gasteiger charge is -2.20. The van der Waals surface area contributed by atoms with Crippen LogP contribution in [0.25, 0.3) is 0 Å². The van der Waals surface area contributed by atoms with Crippen molar-refractivity contribution in [3.63, 3.8) is 0 Å². The van der Waals surface area contributed by atoms with E-state index in [0.29, 0.717) is 12.6 Å². The van der Waals surface area contributed by atoms with Crippen molar-refractivity contribution in [2.75, 3.05) is 13.1 Å². The van der Waals surface area contributed by atoms with E-state index in [2.05, 4.69) is 43.0 Å². The third kappa shape index (κ3) is 2.59. The van der Waals surface area contributed by atoms with E-state index in [4.69, 9.17) is 0 Å². The molecule has 0 radical (unpaired) electrons. The van der Waals surface area contributed by atoms with Gasteiger partial charge in [-0.1, -0.05) is 24.3 Å². The number of benzene rings is 1. The van der Waals surface area contributed by atoms with Crippen molar-refractivity contribution in [1.82, 2.24) is 4.90 Å². The molecule has 2 unspecified atom stereocenters. The number of hydrogen-bond donors (Lipinski definition) is 1. The molecule has 1 aliphatic carbocycles. The van der Waals surface area contributed by atoms with Crippen LogP contribution in [-0.2, 0) is 4.79 Å². The van der Waals surface area contributed by atoms with E-state index in [1.807, 2.05) is 0 Å². The van der Waals surface area contributed by atoms with Crippen LogP contribution in [0.5, 0.6) is 0 Å². The Hall–Kier alpha value is -1.35. The Morgan fingerprint density at radius 1 is 1.15 bits per heavy atom. The molecule has 1 saturated carbocycles. The van der Waals surface area contributed by atoms with Crippen molar-refractivity contribution in [2.45, 2.75) is 44.6 Å². The van der Waals surface area contributed by atoms with E-state index in [9.17, 15) is 9.90 Å². The predicted molar refractivity (Wildman–Crippen MR) is 79.0 cm³/mol. The largest absolute Gasteiger partial charge is 0.481 e. The number of carbonyl (C=O) groups is 1. The number of aliphatic carboxylic acids is 1. The van der Waals surface area contributed by atoms with E-state index < -0.39 is 5.97 Å². The predicted octanol–water partition coefficient (Wildman–Crippen LogP) is 3.07. The van der Waals surface area contributed by atoms with Crippen molar-refractivity contribution >= 4 is 5.97 Å². The lowest BCUT2D eigenvalue weighted by atomic mass is 9.88. The molecule has 3 nitrogen and oxygen atoms in total. The standard InChI is InChI=1S/C17H23NO2/c1-11(2)18-9-15(16(10-18)17(19)20)14-7-5-13(6-8-14)12-3-4-12/h5-8,11-12,15-16H,3-4,9-10H2,1-2H3,(H,19,20). The summed E-state index contributed by atoms with van der Waals surface area (Å²) in [5.41, 5.74) is 2.60. The summed E-state index contributed by atoms with van der Waals surface area (Å²) in [5, 5.41) is 9.47. The molecule has 1 saturated heterocycles. The van der Waals surface area contributed by atoms with Gasteiger partial charge in [-0.05, 0) is 43.7 Å². The summed E-state index contributed by atoms with van der Waals surface area (Å²) in [6, 6.07) is 9.11. The van der Waals surface area contributed by atoms with Gasteiger partial charge in [-0.25, -0.2) is 0 Å². The molecule has 20 heavy (non-hydrogen) atoms. The van der Waals surface area contributed by atoms with Crippen molar-refractivity contribution in [1.29, 1.82) is 0 Å². The number of rotatable bonds is 4. The maximum atomic E-state index is 11.5. The van der Waals surface area contributed by atoms with Crippen LogP contribution in [0.4, 0.5) is 0 Å². The van der Waals surface area contributed by atoms with Crippen molar-refractivity contribution in [3.8, 4) is 0 Å². The second-order valence-electron chi connectivity index (χ2n) is 6.54. The summed E-state index contributed by atoms with van der Waals surface area (Å²) in [6.45, 7) is 5.80. The first kappa shape index (κ1) is 13.6. The average molecular weight is 273 g/mol. The lowest BCUT2D eigenvalue weighted by molar-refractivity contribution is -0.141. The number of carboxylic acids is 1. The van der Waals surface area contributed by atoms with Crippen molar-refractivity contribution in [3.05, 3.63) is 35.4 Å². The lowest BCUT2D eigenvalue weighted by Crippen LogP contribution is -2.29. The molecule has 0 spiro atoms. The van der Waals surface area contributed by atoms with Gasteiger partial charge in [0.15, 0.2) is 0 Å². The number of likely N-dealkylation sites (tertiary alicyclic amines) is 1. The molecule has 0 amide bonds. The quantitative estimate of drug-likeness (QED) is 0.916. The number of carboxylic acid groups (broad SMARTS) is 1. The van der Waals surface area contributed by atoms with Gasteiger partial charge in [0, 0.05) is 25.0 Å². The first-order chi connectivity index (χ1) is 9.56. The molecule has 2 atom stereocenters. The molecule has 2 aliphatic rings. The molecule has 1 heterocycles. The molecule has 108 valence electrons. The molecule has 2 fully saturated rings. The summed E-state index contributed by atoms with van der Waals surface area (Å²) < 4.78 is 0. The Labute approximate surface area is 120 Å². The Balaban J connectivity index is 1.80. The number of nitrogens with zero attached hydrogens (tertiary/aromatic N) is 1. The maximum absolute atomic E-state index is 11.5. The molecule has 1 N–H and O–H groups in total. The normalized spacial score (nSPS) is 27.1. The molecule has 1 aromatic carbocycles. The Morgan fingerprint density at radius 3 is 2.25 bits per heavy atom. The monoisotopic (exact) mass is 273 g/mol. The van der Waals surface area contributed by atoms with Gasteiger partial charge in [0.05, 0.1) is 5.92 Å². The van der Waals surface area contributed by atoms with Gasteiger partial charge in [-0.3, -0.25) is 9.69 Å². The van der Waals surface area contributed by atoms with Crippen LogP contribution >= 0.6 is 0 Å². The van der Waals surface area contributed by atoms with Crippen LogP contribution in [0.15, 0.2) is 24.3 Å². The zero-order valence-electron chi connectivity index (χ0n) is 12.2. The highest BCUT2D eigenvalue weighted by atomic mass is 16.4. The fraction of sp³-hybridized carbons (Fsp3) is 0.588. The van der Waals surface area contributed by atoms with Crippen molar-refractivity contribution in [2.24, 2.45) is 5.92 Å². The van der Waals surface area contributed by atoms with Crippen LogP contribution in [0.3, 0.4) is 0 Å². The maximum Gasteiger partial charge on any atom is 0.308 e. The van der Waals surface area contributed by atoms with Crippen LogP contribution in [0.1, 0.15) is 49.7 Å². The van der Waals surface area contributed by atoms with Crippen LogP contribution in [0, 0.1) is 5.92 Å². The molecule has 3 rings (SSSR count). The molecular formula is C17H23NO2. The Kier molecular flexibility index (Phi) is 3.55. The van der Waals surface area contributed by atoms with Crippen LogP contribution in [-0.4, -0.2) is 35.1 Å². The SMILES string of the molecule is CC(C)N1CC(C(=O)O)C(c2ccc(C3CC3)cc2)C1. The average Bonchev–Trinajstić information content (AvgIpc) is 3.16. The highest BCUT2D eigenvalue weighted by molar-refractivity contribution is 5.72. The fourth-order valence-electron chi connectivity index (χ4n) is 3.28. The second-order valence-corrected chi connectivity index (χ2v) is 6.54. The van der Waals surface area contributed by atoms with Gasteiger partial charge in [-0.15, -0.1) is 0 Å². The zero-order valence-corrected chi connectivity index (χ0v) is 12.2. The Bertz CT molecular complexity index is 490. The van der Waals surface area contributed by atoms with Gasteiger partial charge in [0.25, 0.3) is 0 Å². The zero-order chi connectivity index (χ0) is 14.3. The second kappa shape index (κ2) is 5.21. The summed E-state index contributed by atoms with van der Waals surface area (Å²) in [4.78, 5) is 13.8. The minimum absolute atomic E-state index is 0.128. The van der Waals surface area contributed by atoms with Gasteiger partial charge >= 0.3 is 5.97 Å². The van der Waals surface area contributed by atoms with Gasteiger partial charge in [0.2, 0.25) is 0 Å². The summed E-state index contributed by atoms with van der Waals surface area (Å²) in [7, 11) is 0. The smallest absolute Gasteiger partial charge is 0.308 e. The van der Waals surface area contributed by atoms with E-state index in [-0.39, 0.29) is 11.8 Å². The summed E-state index contributed by atoms with van der Waals surface area (Å²) >= 11 is 0. The van der Waals surface area contributed by atoms with Gasteiger partial charge in [0.1, 0.15) is 0 Å². The highest BCUT2D eigenvalue weighted by Gasteiger charge is 2.39. The van der Waals surface area contributed by atoms with E-state index in [1.54, 1.807) is 0 Å². The van der Waals surface area contributed by atoms with E-state index in [1.165, 1.54) is 24.0 Å². The summed E-state index contributed by atoms with van der Waals surface area (Å²) in [5.74, 6) is -0.0493. The van der Waals surface area contributed by atoms with E-state index >= 15 is 0 Å². The molecule has 0 aromatic heterocycles. The molecule has 1 aliphatic heterocycles. The molecule has 1 aromatic rings. The molecule has 0 bridgehead atoms. The Morgan fingerprint density at radius 2 is 1.75 bits per heavy atom. The van der Waals surface area contributed by atoms with Crippen LogP contribution < -0.4 is 0 Å². The third-order valence-electron chi connectivity index (χ3n) is 4.81.